The lowest BCUT2D eigenvalue weighted by atomic mass is 9.93. The van der Waals surface area contributed by atoms with Crippen LogP contribution in [0.5, 0.6) is 5.88 Å². The lowest BCUT2D eigenvalue weighted by molar-refractivity contribution is 0.446. The number of hydrogen-bond donors (Lipinski definition) is 1. The number of nitrogens with zero attached hydrogens (tertiary/aromatic N) is 3. The van der Waals surface area contributed by atoms with E-state index < -0.39 is 0 Å². The number of benzene rings is 4. The van der Waals surface area contributed by atoms with Gasteiger partial charge in [0.15, 0.2) is 5.65 Å². The van der Waals surface area contributed by atoms with E-state index in [4.69, 9.17) is 0 Å². The Morgan fingerprint density at radius 2 is 1.57 bits per heavy atom. The number of hydrogen-bond acceptors (Lipinski definition) is 3. The molecule has 2 heterocycles. The Labute approximate surface area is 178 Å². The van der Waals surface area contributed by atoms with Crippen LogP contribution in [0.2, 0.25) is 0 Å². The van der Waals surface area contributed by atoms with Crippen LogP contribution in [-0.2, 0) is 0 Å². The maximum atomic E-state index is 10.4. The third kappa shape index (κ3) is 2.54. The molecule has 0 atom stereocenters. The molecule has 1 N–H and O–H groups in total. The van der Waals surface area contributed by atoms with Crippen molar-refractivity contribution in [2.75, 3.05) is 0 Å². The van der Waals surface area contributed by atoms with Gasteiger partial charge in [0.2, 0.25) is 5.88 Å². The maximum Gasteiger partial charge on any atom is 0.219 e. The van der Waals surface area contributed by atoms with Crippen LogP contribution in [0.1, 0.15) is 5.69 Å². The average Bonchev–Trinajstić information content (AvgIpc) is 3.06. The number of aryl methyl sites for hydroxylation is 1. The van der Waals surface area contributed by atoms with Crippen LogP contribution in [0.3, 0.4) is 0 Å². The van der Waals surface area contributed by atoms with Gasteiger partial charge in [-0.1, -0.05) is 54.6 Å². The zero-order valence-corrected chi connectivity index (χ0v) is 17.0. The normalized spacial score (nSPS) is 11.4. The van der Waals surface area contributed by atoms with Crippen molar-refractivity contribution in [1.29, 1.82) is 0 Å². The third-order valence-electron chi connectivity index (χ3n) is 5.66. The first-order valence-corrected chi connectivity index (χ1v) is 9.58. The minimum Gasteiger partial charge on any atom is -0.493 e. The number of halogens is 1. The second kappa shape index (κ2) is 6.71. The van der Waals surface area contributed by atoms with Gasteiger partial charge in [0, 0.05) is 0 Å². The van der Waals surface area contributed by atoms with Crippen molar-refractivity contribution in [2.24, 2.45) is 0 Å². The Balaban J connectivity index is 0.00000193. The van der Waals surface area contributed by atoms with Gasteiger partial charge in [-0.05, 0) is 57.8 Å². The van der Waals surface area contributed by atoms with Gasteiger partial charge in [0.1, 0.15) is 5.69 Å². The Morgan fingerprint density at radius 1 is 0.833 bits per heavy atom. The van der Waals surface area contributed by atoms with Gasteiger partial charge in [-0.3, -0.25) is 9.38 Å². The maximum absolute atomic E-state index is 10.4. The van der Waals surface area contributed by atoms with Crippen LogP contribution >= 0.6 is 12.4 Å². The Kier molecular flexibility index (Phi) is 4.12. The molecule has 0 bridgehead atoms. The summed E-state index contributed by atoms with van der Waals surface area (Å²) in [5.74, 6) is 0.163. The largest absolute Gasteiger partial charge is 0.493 e. The van der Waals surface area contributed by atoms with Crippen LogP contribution < -0.4 is 0 Å². The highest BCUT2D eigenvalue weighted by Gasteiger charge is 2.13. The summed E-state index contributed by atoms with van der Waals surface area (Å²) in [7, 11) is 0. The van der Waals surface area contributed by atoms with E-state index in [0.29, 0.717) is 11.3 Å². The van der Waals surface area contributed by atoms with Crippen molar-refractivity contribution in [3.05, 3.63) is 84.7 Å². The molecule has 5 heteroatoms. The van der Waals surface area contributed by atoms with Crippen molar-refractivity contribution in [2.45, 2.75) is 6.92 Å². The van der Waals surface area contributed by atoms with Gasteiger partial charge < -0.3 is 5.11 Å². The quantitative estimate of drug-likeness (QED) is 0.323. The summed E-state index contributed by atoms with van der Waals surface area (Å²) in [6.07, 6.45) is 1.71. The zero-order chi connectivity index (χ0) is 19.5. The number of fused-ring (bicyclic) bond motifs is 6. The molecule has 4 nitrogen and oxygen atoms in total. The fourth-order valence-corrected chi connectivity index (χ4v) is 4.27. The van der Waals surface area contributed by atoms with Crippen LogP contribution in [0.25, 0.3) is 49.4 Å². The molecule has 0 aliphatic heterocycles. The highest BCUT2D eigenvalue weighted by atomic mass is 35.5. The lowest BCUT2D eigenvalue weighted by Gasteiger charge is -2.12. The summed E-state index contributed by atoms with van der Waals surface area (Å²) in [6.45, 7) is 1.80. The molecule has 0 unspecified atom stereocenters. The molecule has 6 aromatic rings. The first-order chi connectivity index (χ1) is 14.2. The van der Waals surface area contributed by atoms with Crippen LogP contribution in [0.4, 0.5) is 0 Å². The van der Waals surface area contributed by atoms with Gasteiger partial charge in [0.25, 0.3) is 0 Å². The number of aromatic hydroxyl groups is 1. The second-order valence-electron chi connectivity index (χ2n) is 7.37. The fourth-order valence-electron chi connectivity index (χ4n) is 4.27. The Morgan fingerprint density at radius 3 is 2.40 bits per heavy atom. The number of rotatable bonds is 1. The molecule has 0 saturated heterocycles. The standard InChI is InChI=1S/C25H17N3O.ClH/c1-15-25(29)28-23-11-10-17(13-22(23)26-14-24(28)27-15)21-12-16-6-2-3-7-18(16)19-8-4-5-9-20(19)21;/h2-14,29H,1H3;1H. The van der Waals surface area contributed by atoms with E-state index >= 15 is 0 Å². The second-order valence-corrected chi connectivity index (χ2v) is 7.37. The predicted molar refractivity (Wildman–Crippen MR) is 125 cm³/mol. The molecule has 30 heavy (non-hydrogen) atoms. The summed E-state index contributed by atoms with van der Waals surface area (Å²) in [6, 6.07) is 25.4. The van der Waals surface area contributed by atoms with E-state index in [9.17, 15) is 5.11 Å². The van der Waals surface area contributed by atoms with Crippen LogP contribution in [-0.4, -0.2) is 19.5 Å². The highest BCUT2D eigenvalue weighted by molar-refractivity contribution is 6.14. The minimum atomic E-state index is 0. The zero-order valence-electron chi connectivity index (χ0n) is 16.2. The first-order valence-electron chi connectivity index (χ1n) is 9.58. The third-order valence-corrected chi connectivity index (χ3v) is 5.66. The molecule has 0 radical (unpaired) electrons. The van der Waals surface area contributed by atoms with Crippen molar-refractivity contribution < 1.29 is 5.11 Å². The predicted octanol–water partition coefficient (Wildman–Crippen LogP) is 6.29. The molecule has 0 aliphatic carbocycles. The van der Waals surface area contributed by atoms with E-state index in [1.54, 1.807) is 17.5 Å². The molecule has 2 aromatic heterocycles. The van der Waals surface area contributed by atoms with Crippen LogP contribution in [0.15, 0.2) is 79.0 Å². The molecule has 0 amide bonds. The monoisotopic (exact) mass is 411 g/mol. The molecule has 4 aromatic carbocycles. The molecular weight excluding hydrogens is 394 g/mol. The minimum absolute atomic E-state index is 0. The Hall–Kier alpha value is -3.63. The molecule has 6 rings (SSSR count). The Bertz CT molecular complexity index is 1590. The topological polar surface area (TPSA) is 50.4 Å². The molecule has 0 spiro atoms. The summed E-state index contributed by atoms with van der Waals surface area (Å²) in [5, 5.41) is 15.3. The van der Waals surface area contributed by atoms with E-state index in [0.717, 1.165) is 16.6 Å². The van der Waals surface area contributed by atoms with Crippen molar-refractivity contribution >= 4 is 50.6 Å². The van der Waals surface area contributed by atoms with Gasteiger partial charge in [-0.15, -0.1) is 12.4 Å². The van der Waals surface area contributed by atoms with E-state index in [1.807, 2.05) is 6.07 Å². The fraction of sp³-hybridized carbons (Fsp3) is 0.0400. The van der Waals surface area contributed by atoms with Gasteiger partial charge in [0.05, 0.1) is 17.2 Å². The summed E-state index contributed by atoms with van der Waals surface area (Å²) in [5.41, 5.74) is 5.19. The van der Waals surface area contributed by atoms with E-state index in [-0.39, 0.29) is 18.3 Å². The average molecular weight is 412 g/mol. The summed E-state index contributed by atoms with van der Waals surface area (Å²) < 4.78 is 1.75. The van der Waals surface area contributed by atoms with Crippen molar-refractivity contribution in [3.8, 4) is 17.0 Å². The molecule has 0 aliphatic rings. The van der Waals surface area contributed by atoms with Gasteiger partial charge in [-0.2, -0.15) is 0 Å². The van der Waals surface area contributed by atoms with Crippen molar-refractivity contribution in [1.82, 2.24) is 14.4 Å². The van der Waals surface area contributed by atoms with Gasteiger partial charge >= 0.3 is 0 Å². The smallest absolute Gasteiger partial charge is 0.219 e. The molecular formula is C25H18ClN3O. The van der Waals surface area contributed by atoms with E-state index in [1.165, 1.54) is 27.1 Å². The highest BCUT2D eigenvalue weighted by Crippen LogP contribution is 2.36. The molecule has 146 valence electrons. The van der Waals surface area contributed by atoms with Crippen molar-refractivity contribution in [3.63, 3.8) is 0 Å². The van der Waals surface area contributed by atoms with Gasteiger partial charge in [-0.25, -0.2) is 4.98 Å². The molecule has 0 saturated carbocycles. The molecule has 0 fully saturated rings. The summed E-state index contributed by atoms with van der Waals surface area (Å²) in [4.78, 5) is 8.97. The van der Waals surface area contributed by atoms with Crippen LogP contribution in [0, 0.1) is 6.92 Å². The summed E-state index contributed by atoms with van der Waals surface area (Å²) >= 11 is 0. The first kappa shape index (κ1) is 18.4. The number of imidazole rings is 1. The number of aromatic nitrogens is 3. The lowest BCUT2D eigenvalue weighted by Crippen LogP contribution is -1.92. The SMILES string of the molecule is Cc1nc2cnc3cc(-c4cc5ccccc5c5ccccc45)ccc3n2c1O.Cl. The van der Waals surface area contributed by atoms with E-state index in [2.05, 4.69) is 76.7 Å².